The maximum absolute atomic E-state index is 5.55. The van der Waals surface area contributed by atoms with E-state index in [1.54, 1.807) is 6.08 Å². The summed E-state index contributed by atoms with van der Waals surface area (Å²) in [5, 5.41) is 7.34. The van der Waals surface area contributed by atoms with Gasteiger partial charge in [-0.3, -0.25) is 0 Å². The number of benzene rings is 2. The molecule has 1 atom stereocenters. The van der Waals surface area contributed by atoms with Gasteiger partial charge in [-0.05, 0) is 54.7 Å². The smallest absolute Gasteiger partial charge is 0.171 e. The number of fused-ring (bicyclic) bond motifs is 1. The van der Waals surface area contributed by atoms with Crippen LogP contribution in [0.15, 0.2) is 61.2 Å². The molecule has 0 unspecified atom stereocenters. The van der Waals surface area contributed by atoms with Crippen LogP contribution in [0.3, 0.4) is 0 Å². The van der Waals surface area contributed by atoms with E-state index in [1.807, 2.05) is 24.3 Å². The van der Waals surface area contributed by atoms with Crippen molar-refractivity contribution < 1.29 is 4.74 Å². The largest absolute Gasteiger partial charge is 0.489 e. The van der Waals surface area contributed by atoms with E-state index in [4.69, 9.17) is 17.0 Å². The van der Waals surface area contributed by atoms with Gasteiger partial charge in [-0.1, -0.05) is 43.0 Å². The third kappa shape index (κ3) is 4.15. The first kappa shape index (κ1) is 16.5. The average molecular weight is 338 g/mol. The molecule has 4 heteroatoms. The Morgan fingerprint density at radius 3 is 3.00 bits per heavy atom. The quantitative estimate of drug-likeness (QED) is 0.616. The normalized spacial score (nSPS) is 15.9. The predicted molar refractivity (Wildman–Crippen MR) is 104 cm³/mol. The van der Waals surface area contributed by atoms with Gasteiger partial charge in [0, 0.05) is 11.8 Å². The Balaban J connectivity index is 1.63. The van der Waals surface area contributed by atoms with Gasteiger partial charge in [0.1, 0.15) is 12.4 Å². The zero-order valence-electron chi connectivity index (χ0n) is 13.6. The van der Waals surface area contributed by atoms with Crippen molar-refractivity contribution in [3.63, 3.8) is 0 Å². The van der Waals surface area contributed by atoms with Crippen molar-refractivity contribution in [1.82, 2.24) is 5.32 Å². The summed E-state index contributed by atoms with van der Waals surface area (Å²) in [5.74, 6) is 0.797. The van der Waals surface area contributed by atoms with E-state index in [1.165, 1.54) is 17.5 Å². The summed E-state index contributed by atoms with van der Waals surface area (Å²) in [6.07, 6.45) is 5.16. The molecule has 3 nitrogen and oxygen atoms in total. The van der Waals surface area contributed by atoms with E-state index in [0.717, 1.165) is 24.3 Å². The molecule has 2 N–H and O–H groups in total. The molecule has 0 spiro atoms. The highest BCUT2D eigenvalue weighted by molar-refractivity contribution is 7.80. The minimum Gasteiger partial charge on any atom is -0.489 e. The average Bonchev–Trinajstić information content (AvgIpc) is 2.60. The summed E-state index contributed by atoms with van der Waals surface area (Å²) in [7, 11) is 0. The van der Waals surface area contributed by atoms with Gasteiger partial charge >= 0.3 is 0 Å². The maximum Gasteiger partial charge on any atom is 0.171 e. The molecule has 2 aromatic carbocycles. The molecule has 0 fully saturated rings. The van der Waals surface area contributed by atoms with Crippen molar-refractivity contribution in [2.45, 2.75) is 25.3 Å². The van der Waals surface area contributed by atoms with Gasteiger partial charge in [0.25, 0.3) is 0 Å². The van der Waals surface area contributed by atoms with Gasteiger partial charge in [0.2, 0.25) is 0 Å². The summed E-state index contributed by atoms with van der Waals surface area (Å²) in [6.45, 7) is 4.15. The Kier molecular flexibility index (Phi) is 5.49. The molecule has 3 rings (SSSR count). The SMILES string of the molecule is C=CCOc1cccc(NC(=S)N[C@H]2CCCc3ccccc32)c1. The highest BCUT2D eigenvalue weighted by Gasteiger charge is 2.20. The van der Waals surface area contributed by atoms with E-state index in [0.29, 0.717) is 11.7 Å². The monoisotopic (exact) mass is 338 g/mol. The van der Waals surface area contributed by atoms with Crippen LogP contribution in [0.1, 0.15) is 30.0 Å². The number of nitrogens with one attached hydrogen (secondary N) is 2. The Morgan fingerprint density at radius 2 is 2.12 bits per heavy atom. The first-order chi connectivity index (χ1) is 11.8. The zero-order valence-corrected chi connectivity index (χ0v) is 14.4. The van der Waals surface area contributed by atoms with Crippen LogP contribution >= 0.6 is 12.2 Å². The van der Waals surface area contributed by atoms with E-state index in [2.05, 4.69) is 41.5 Å². The molecule has 0 bridgehead atoms. The number of hydrogen-bond donors (Lipinski definition) is 2. The lowest BCUT2D eigenvalue weighted by Gasteiger charge is -2.27. The van der Waals surface area contributed by atoms with Crippen LogP contribution < -0.4 is 15.4 Å². The first-order valence-electron chi connectivity index (χ1n) is 8.25. The molecular formula is C20H22N2OS. The van der Waals surface area contributed by atoms with Crippen molar-refractivity contribution in [3.05, 3.63) is 72.3 Å². The Hall–Kier alpha value is -2.33. The van der Waals surface area contributed by atoms with Crippen LogP contribution in [0.2, 0.25) is 0 Å². The minimum absolute atomic E-state index is 0.273. The second kappa shape index (κ2) is 7.97. The molecule has 0 aliphatic heterocycles. The van der Waals surface area contributed by atoms with Crippen molar-refractivity contribution in [2.24, 2.45) is 0 Å². The fourth-order valence-corrected chi connectivity index (χ4v) is 3.31. The number of thiocarbonyl (C=S) groups is 1. The van der Waals surface area contributed by atoms with E-state index < -0.39 is 0 Å². The highest BCUT2D eigenvalue weighted by atomic mass is 32.1. The number of aryl methyl sites for hydroxylation is 1. The van der Waals surface area contributed by atoms with Crippen LogP contribution in [0, 0.1) is 0 Å². The number of ether oxygens (including phenoxy) is 1. The van der Waals surface area contributed by atoms with Crippen LogP contribution in [0.4, 0.5) is 5.69 Å². The van der Waals surface area contributed by atoms with Crippen molar-refractivity contribution in [3.8, 4) is 5.75 Å². The number of anilines is 1. The number of rotatable bonds is 5. The summed E-state index contributed by atoms with van der Waals surface area (Å²) < 4.78 is 5.55. The molecule has 2 aromatic rings. The van der Waals surface area contributed by atoms with Crippen molar-refractivity contribution >= 4 is 23.0 Å². The fourth-order valence-electron chi connectivity index (χ4n) is 3.05. The number of hydrogen-bond acceptors (Lipinski definition) is 2. The highest BCUT2D eigenvalue weighted by Crippen LogP contribution is 2.29. The van der Waals surface area contributed by atoms with Crippen LogP contribution in [0.25, 0.3) is 0 Å². The summed E-state index contributed by atoms with van der Waals surface area (Å²) in [5.41, 5.74) is 3.69. The molecule has 124 valence electrons. The maximum atomic E-state index is 5.55. The lowest BCUT2D eigenvalue weighted by molar-refractivity contribution is 0.363. The minimum atomic E-state index is 0.273. The van der Waals surface area contributed by atoms with Crippen LogP contribution in [-0.2, 0) is 6.42 Å². The summed E-state index contributed by atoms with van der Waals surface area (Å²) >= 11 is 5.50. The molecule has 0 amide bonds. The van der Waals surface area contributed by atoms with Gasteiger partial charge in [-0.2, -0.15) is 0 Å². The van der Waals surface area contributed by atoms with E-state index in [9.17, 15) is 0 Å². The Labute approximate surface area is 148 Å². The lowest BCUT2D eigenvalue weighted by Crippen LogP contribution is -2.34. The van der Waals surface area contributed by atoms with Crippen molar-refractivity contribution in [1.29, 1.82) is 0 Å². The summed E-state index contributed by atoms with van der Waals surface area (Å²) in [4.78, 5) is 0. The van der Waals surface area contributed by atoms with Gasteiger partial charge < -0.3 is 15.4 Å². The molecule has 0 radical (unpaired) electrons. The predicted octanol–water partition coefficient (Wildman–Crippen LogP) is 4.62. The first-order valence-corrected chi connectivity index (χ1v) is 8.66. The van der Waals surface area contributed by atoms with Crippen LogP contribution in [-0.4, -0.2) is 11.7 Å². The molecule has 0 aromatic heterocycles. The van der Waals surface area contributed by atoms with Gasteiger partial charge in [0.15, 0.2) is 5.11 Å². The lowest BCUT2D eigenvalue weighted by atomic mass is 9.88. The third-order valence-electron chi connectivity index (χ3n) is 4.13. The second-order valence-electron chi connectivity index (χ2n) is 5.87. The topological polar surface area (TPSA) is 33.3 Å². The molecule has 24 heavy (non-hydrogen) atoms. The van der Waals surface area contributed by atoms with E-state index >= 15 is 0 Å². The third-order valence-corrected chi connectivity index (χ3v) is 4.35. The molecule has 0 saturated carbocycles. The van der Waals surface area contributed by atoms with E-state index in [-0.39, 0.29) is 6.04 Å². The molecule has 0 saturated heterocycles. The van der Waals surface area contributed by atoms with Crippen LogP contribution in [0.5, 0.6) is 5.75 Å². The molecular weight excluding hydrogens is 316 g/mol. The van der Waals surface area contributed by atoms with Gasteiger partial charge in [-0.25, -0.2) is 0 Å². The summed E-state index contributed by atoms with van der Waals surface area (Å²) in [6, 6.07) is 16.6. The standard InChI is InChI=1S/C20H22N2OS/c1-2-13-23-17-10-6-9-16(14-17)21-20(24)22-19-12-5-8-15-7-3-4-11-18(15)19/h2-4,6-7,9-11,14,19H,1,5,8,12-13H2,(H2,21,22,24)/t19-/m0/s1. The zero-order chi connectivity index (χ0) is 16.8. The fraction of sp³-hybridized carbons (Fsp3) is 0.250. The Bertz CT molecular complexity index is 729. The molecule has 0 heterocycles. The van der Waals surface area contributed by atoms with Crippen molar-refractivity contribution in [2.75, 3.05) is 11.9 Å². The Morgan fingerprint density at radius 1 is 1.25 bits per heavy atom. The van der Waals surface area contributed by atoms with Gasteiger partial charge in [-0.15, -0.1) is 0 Å². The molecule has 1 aliphatic carbocycles. The van der Waals surface area contributed by atoms with Gasteiger partial charge in [0.05, 0.1) is 6.04 Å². The molecule has 1 aliphatic rings. The second-order valence-corrected chi connectivity index (χ2v) is 6.28.